The lowest BCUT2D eigenvalue weighted by Gasteiger charge is -2.33. The SMILES string of the molecule is CCC1SCCSC1C(O)c1ccc(C)c(F)c1F. The fraction of sp³-hybridized carbons (Fsp3) is 0.571. The fourth-order valence-electron chi connectivity index (χ4n) is 2.30. The Morgan fingerprint density at radius 1 is 1.26 bits per heavy atom. The molecule has 1 fully saturated rings. The van der Waals surface area contributed by atoms with Gasteiger partial charge >= 0.3 is 0 Å². The highest BCUT2D eigenvalue weighted by Crippen LogP contribution is 2.41. The van der Waals surface area contributed by atoms with Crippen molar-refractivity contribution in [3.05, 3.63) is 34.9 Å². The third kappa shape index (κ3) is 3.09. The number of benzene rings is 1. The summed E-state index contributed by atoms with van der Waals surface area (Å²) in [4.78, 5) is 0. The average Bonchev–Trinajstić information content (AvgIpc) is 2.44. The molecule has 0 spiro atoms. The lowest BCUT2D eigenvalue weighted by atomic mass is 10.0. The van der Waals surface area contributed by atoms with Gasteiger partial charge in [0.2, 0.25) is 0 Å². The van der Waals surface area contributed by atoms with Crippen molar-refractivity contribution in [1.29, 1.82) is 0 Å². The van der Waals surface area contributed by atoms with Crippen LogP contribution in [0.2, 0.25) is 0 Å². The number of hydrogen-bond acceptors (Lipinski definition) is 3. The van der Waals surface area contributed by atoms with Crippen LogP contribution in [0.5, 0.6) is 0 Å². The molecule has 1 aromatic carbocycles. The Labute approximate surface area is 121 Å². The molecule has 0 bridgehead atoms. The Hall–Kier alpha value is -0.260. The highest BCUT2D eigenvalue weighted by atomic mass is 32.2. The first-order valence-electron chi connectivity index (χ1n) is 6.42. The summed E-state index contributed by atoms with van der Waals surface area (Å²) in [6.45, 7) is 3.59. The standard InChI is InChI=1S/C14H18F2OS2/c1-3-10-14(19-7-6-18-10)13(17)9-5-4-8(2)11(15)12(9)16/h4-5,10,13-14,17H,3,6-7H2,1-2H3. The molecule has 1 aromatic rings. The van der Waals surface area contributed by atoms with Crippen LogP contribution in [0.4, 0.5) is 8.78 Å². The quantitative estimate of drug-likeness (QED) is 0.913. The van der Waals surface area contributed by atoms with Gasteiger partial charge in [0.25, 0.3) is 0 Å². The van der Waals surface area contributed by atoms with Crippen LogP contribution in [0.15, 0.2) is 12.1 Å². The predicted molar refractivity (Wildman–Crippen MR) is 78.8 cm³/mol. The molecule has 1 N–H and O–H groups in total. The van der Waals surface area contributed by atoms with Crippen molar-refractivity contribution in [2.45, 2.75) is 36.9 Å². The van der Waals surface area contributed by atoms with Crippen molar-refractivity contribution < 1.29 is 13.9 Å². The van der Waals surface area contributed by atoms with E-state index in [0.717, 1.165) is 17.9 Å². The molecule has 0 amide bonds. The van der Waals surface area contributed by atoms with Gasteiger partial charge in [0.1, 0.15) is 0 Å². The summed E-state index contributed by atoms with van der Waals surface area (Å²) in [6, 6.07) is 3.03. The molecule has 1 aliphatic heterocycles. The number of halogens is 2. The first-order chi connectivity index (χ1) is 9.06. The second kappa shape index (κ2) is 6.46. The number of aliphatic hydroxyl groups is 1. The maximum absolute atomic E-state index is 13.9. The van der Waals surface area contributed by atoms with Gasteiger partial charge in [-0.2, -0.15) is 23.5 Å². The smallest absolute Gasteiger partial charge is 0.164 e. The van der Waals surface area contributed by atoms with Crippen molar-refractivity contribution in [2.24, 2.45) is 0 Å². The van der Waals surface area contributed by atoms with Crippen molar-refractivity contribution in [3.63, 3.8) is 0 Å². The van der Waals surface area contributed by atoms with Crippen LogP contribution in [0.3, 0.4) is 0 Å². The minimum atomic E-state index is -0.946. The van der Waals surface area contributed by atoms with E-state index >= 15 is 0 Å². The van der Waals surface area contributed by atoms with E-state index in [2.05, 4.69) is 6.92 Å². The molecular weight excluding hydrogens is 286 g/mol. The van der Waals surface area contributed by atoms with Gasteiger partial charge in [-0.05, 0) is 18.9 Å². The first kappa shape index (κ1) is 15.1. The van der Waals surface area contributed by atoms with Crippen LogP contribution in [0.25, 0.3) is 0 Å². The van der Waals surface area contributed by atoms with E-state index in [4.69, 9.17) is 0 Å². The number of aliphatic hydroxyl groups excluding tert-OH is 1. The van der Waals surface area contributed by atoms with Gasteiger partial charge < -0.3 is 5.11 Å². The third-order valence-electron chi connectivity index (χ3n) is 3.43. The number of aryl methyl sites for hydroxylation is 1. The summed E-state index contributed by atoms with van der Waals surface area (Å²) in [7, 11) is 0. The monoisotopic (exact) mass is 304 g/mol. The van der Waals surface area contributed by atoms with Gasteiger partial charge in [0, 0.05) is 27.6 Å². The van der Waals surface area contributed by atoms with Crippen LogP contribution in [0, 0.1) is 18.6 Å². The van der Waals surface area contributed by atoms with Gasteiger partial charge in [-0.3, -0.25) is 0 Å². The average molecular weight is 304 g/mol. The molecule has 19 heavy (non-hydrogen) atoms. The predicted octanol–water partition coefficient (Wildman–Crippen LogP) is 3.93. The molecule has 1 saturated heterocycles. The van der Waals surface area contributed by atoms with E-state index < -0.39 is 17.7 Å². The Morgan fingerprint density at radius 3 is 2.63 bits per heavy atom. The summed E-state index contributed by atoms with van der Waals surface area (Å²) in [6.07, 6.45) is -0.0205. The molecule has 3 unspecified atom stereocenters. The van der Waals surface area contributed by atoms with Crippen LogP contribution in [0.1, 0.15) is 30.6 Å². The number of thioether (sulfide) groups is 2. The highest BCUT2D eigenvalue weighted by Gasteiger charge is 2.33. The minimum absolute atomic E-state index is 0.0691. The second-order valence-corrected chi connectivity index (χ2v) is 7.33. The van der Waals surface area contributed by atoms with Crippen LogP contribution in [-0.2, 0) is 0 Å². The van der Waals surface area contributed by atoms with Gasteiger partial charge in [-0.1, -0.05) is 19.1 Å². The molecular formula is C14H18F2OS2. The maximum Gasteiger partial charge on any atom is 0.164 e. The zero-order valence-electron chi connectivity index (χ0n) is 11.0. The summed E-state index contributed by atoms with van der Waals surface area (Å²) < 4.78 is 27.5. The number of rotatable bonds is 3. The van der Waals surface area contributed by atoms with Crippen LogP contribution < -0.4 is 0 Å². The molecule has 0 radical (unpaired) electrons. The number of hydrogen-bond donors (Lipinski definition) is 1. The van der Waals surface area contributed by atoms with E-state index in [1.807, 2.05) is 11.8 Å². The van der Waals surface area contributed by atoms with Gasteiger partial charge in [0.05, 0.1) is 6.10 Å². The summed E-state index contributed by atoms with van der Waals surface area (Å²) in [5.74, 6) is 0.243. The Morgan fingerprint density at radius 2 is 1.95 bits per heavy atom. The highest BCUT2D eigenvalue weighted by molar-refractivity contribution is 8.07. The molecule has 0 aromatic heterocycles. The lowest BCUT2D eigenvalue weighted by molar-refractivity contribution is 0.166. The van der Waals surface area contributed by atoms with Crippen molar-refractivity contribution in [2.75, 3.05) is 11.5 Å². The zero-order valence-corrected chi connectivity index (χ0v) is 12.7. The fourth-order valence-corrected chi connectivity index (χ4v) is 5.42. The summed E-state index contributed by atoms with van der Waals surface area (Å²) in [5, 5.41) is 10.6. The molecule has 0 saturated carbocycles. The molecule has 1 nitrogen and oxygen atoms in total. The molecule has 2 rings (SSSR count). The summed E-state index contributed by atoms with van der Waals surface area (Å²) >= 11 is 3.47. The van der Waals surface area contributed by atoms with Crippen LogP contribution in [-0.4, -0.2) is 27.1 Å². The largest absolute Gasteiger partial charge is 0.387 e. The van der Waals surface area contributed by atoms with Crippen molar-refractivity contribution in [1.82, 2.24) is 0 Å². The second-order valence-electron chi connectivity index (χ2n) is 4.70. The first-order valence-corrected chi connectivity index (χ1v) is 8.51. The Kier molecular flexibility index (Phi) is 5.15. The normalized spacial score (nSPS) is 25.3. The van der Waals surface area contributed by atoms with E-state index in [1.54, 1.807) is 11.8 Å². The minimum Gasteiger partial charge on any atom is -0.387 e. The van der Waals surface area contributed by atoms with Crippen LogP contribution >= 0.6 is 23.5 Å². The van der Waals surface area contributed by atoms with Gasteiger partial charge in [-0.25, -0.2) is 8.78 Å². The molecule has 106 valence electrons. The van der Waals surface area contributed by atoms with Gasteiger partial charge in [0.15, 0.2) is 11.6 Å². The van der Waals surface area contributed by atoms with Gasteiger partial charge in [-0.15, -0.1) is 0 Å². The van der Waals surface area contributed by atoms with E-state index in [9.17, 15) is 13.9 Å². The maximum atomic E-state index is 13.9. The van der Waals surface area contributed by atoms with E-state index in [-0.39, 0.29) is 21.6 Å². The Balaban J connectivity index is 2.28. The Bertz CT molecular complexity index is 453. The molecule has 3 atom stereocenters. The molecule has 5 heteroatoms. The zero-order chi connectivity index (χ0) is 14.0. The van der Waals surface area contributed by atoms with E-state index in [1.165, 1.54) is 19.1 Å². The lowest BCUT2D eigenvalue weighted by Crippen LogP contribution is -2.31. The topological polar surface area (TPSA) is 20.2 Å². The summed E-state index contributed by atoms with van der Waals surface area (Å²) in [5.41, 5.74) is 0.354. The van der Waals surface area contributed by atoms with Crippen molar-refractivity contribution in [3.8, 4) is 0 Å². The third-order valence-corrected chi connectivity index (χ3v) is 6.77. The molecule has 1 heterocycles. The van der Waals surface area contributed by atoms with E-state index in [0.29, 0.717) is 0 Å². The molecule has 1 aliphatic rings. The molecule has 0 aliphatic carbocycles. The van der Waals surface area contributed by atoms with Crippen molar-refractivity contribution >= 4 is 23.5 Å².